The quantitative estimate of drug-likeness (QED) is 0.0653. The van der Waals surface area contributed by atoms with Gasteiger partial charge < -0.3 is 54.8 Å². The molecule has 5 aromatic carbocycles. The van der Waals surface area contributed by atoms with Gasteiger partial charge in [-0.3, -0.25) is 14.7 Å². The van der Waals surface area contributed by atoms with Gasteiger partial charge in [0.1, 0.15) is 53.9 Å². The number of rotatable bonds is 16. The molecule has 0 unspecified atom stereocenters. The number of nitrogens with two attached hydrogens (primary N) is 3. The number of aromatic nitrogens is 16. The molecule has 110 heavy (non-hydrogen) atoms. The van der Waals surface area contributed by atoms with Crippen LogP contribution in [0.5, 0.6) is 17.2 Å². The van der Waals surface area contributed by atoms with E-state index < -0.39 is 0 Å². The van der Waals surface area contributed by atoms with Crippen molar-refractivity contribution in [2.24, 2.45) is 0 Å². The van der Waals surface area contributed by atoms with E-state index in [-0.39, 0.29) is 48.2 Å². The number of imidazole rings is 3. The van der Waals surface area contributed by atoms with Crippen molar-refractivity contribution in [3.05, 3.63) is 230 Å². The second-order valence-electron chi connectivity index (χ2n) is 27.1. The Morgan fingerprint density at radius 3 is 1.85 bits per heavy atom. The average Bonchev–Trinajstić information content (AvgIpc) is 1.63. The minimum atomic E-state index is -0.282. The number of carbonyl (C=O) groups is 1. The van der Waals surface area contributed by atoms with E-state index in [1.54, 1.807) is 68.2 Å². The van der Waals surface area contributed by atoms with Crippen molar-refractivity contribution in [3.63, 3.8) is 0 Å². The molecular formula is C82H80F2N20O6. The van der Waals surface area contributed by atoms with Crippen LogP contribution in [-0.2, 0) is 17.9 Å². The fourth-order valence-corrected chi connectivity index (χ4v) is 14.2. The van der Waals surface area contributed by atoms with Crippen molar-refractivity contribution in [2.75, 3.05) is 50.3 Å². The summed E-state index contributed by atoms with van der Waals surface area (Å²) < 4.78 is 60.4. The third kappa shape index (κ3) is 16.7. The molecule has 1 aliphatic carbocycles. The lowest BCUT2D eigenvalue weighted by Gasteiger charge is -2.32. The number of hydrogen-bond donors (Lipinski definition) is 4. The molecule has 2 saturated heterocycles. The van der Waals surface area contributed by atoms with Crippen LogP contribution in [0.3, 0.4) is 0 Å². The van der Waals surface area contributed by atoms with Crippen LogP contribution in [0.2, 0.25) is 0 Å². The van der Waals surface area contributed by atoms with E-state index in [1.165, 1.54) is 49.9 Å². The summed E-state index contributed by atoms with van der Waals surface area (Å²) >= 11 is 0. The number of ether oxygens (including phenoxy) is 4. The monoisotopic (exact) mass is 1480 g/mol. The highest BCUT2D eigenvalue weighted by Crippen LogP contribution is 2.42. The van der Waals surface area contributed by atoms with Crippen molar-refractivity contribution in [1.82, 2.24) is 83.8 Å². The van der Waals surface area contributed by atoms with E-state index in [9.17, 15) is 13.6 Å². The van der Waals surface area contributed by atoms with Crippen LogP contribution in [0.15, 0.2) is 200 Å². The number of likely N-dealkylation sites (tertiary alicyclic amines) is 1. The molecule has 18 rings (SSSR count). The number of halogens is 2. The van der Waals surface area contributed by atoms with Gasteiger partial charge >= 0.3 is 0 Å². The zero-order valence-electron chi connectivity index (χ0n) is 60.6. The number of anilines is 3. The van der Waals surface area contributed by atoms with Crippen LogP contribution in [0.25, 0.3) is 90.4 Å². The number of nitrogens with one attached hydrogen (secondary N) is 1. The smallest absolute Gasteiger partial charge is 0.231 e. The van der Waals surface area contributed by atoms with Crippen molar-refractivity contribution in [2.45, 2.75) is 103 Å². The van der Waals surface area contributed by atoms with Gasteiger partial charge in [0.05, 0.1) is 81.0 Å². The number of Topliss-reactive ketones (excluding diaryl/α,β-unsaturated/α-hetero) is 1. The summed E-state index contributed by atoms with van der Waals surface area (Å²) in [5.74, 6) is 3.30. The van der Waals surface area contributed by atoms with Gasteiger partial charge in [-0.25, -0.2) is 58.3 Å². The number of carbonyl (C=O) groups excluding carboxylic acids is 1. The Labute approximate surface area is 631 Å². The molecule has 1 saturated carbocycles. The number of aryl methyl sites for hydroxylation is 1. The number of hydrogen-bond acceptors (Lipinski definition) is 22. The van der Waals surface area contributed by atoms with Crippen LogP contribution in [0, 0.1) is 18.6 Å². The molecule has 3 fully saturated rings. The average molecular weight is 1480 g/mol. The van der Waals surface area contributed by atoms with Crippen LogP contribution >= 0.6 is 0 Å². The summed E-state index contributed by atoms with van der Waals surface area (Å²) in [6, 6.07) is 46.1. The molecule has 0 amide bonds. The molecule has 4 aliphatic rings. The Morgan fingerprint density at radius 1 is 0.591 bits per heavy atom. The first-order valence-electron chi connectivity index (χ1n) is 36.5. The molecule has 0 radical (unpaired) electrons. The van der Waals surface area contributed by atoms with Gasteiger partial charge in [0, 0.05) is 97.4 Å². The number of piperidine rings is 1. The van der Waals surface area contributed by atoms with E-state index in [0.29, 0.717) is 41.3 Å². The lowest BCUT2D eigenvalue weighted by molar-refractivity contribution is 0.0670. The first-order chi connectivity index (χ1) is 53.8. The number of H-pyrrole nitrogens is 1. The van der Waals surface area contributed by atoms with Crippen LogP contribution in [-0.4, -0.2) is 123 Å². The summed E-state index contributed by atoms with van der Waals surface area (Å²) in [6.07, 6.45) is 21.6. The lowest BCUT2D eigenvalue weighted by Crippen LogP contribution is -2.34. The van der Waals surface area contributed by atoms with Gasteiger partial charge in [0.15, 0.2) is 22.9 Å². The van der Waals surface area contributed by atoms with Gasteiger partial charge in [0.25, 0.3) is 0 Å². The number of nitrogens with zero attached hydrogens (tertiary/aromatic N) is 16. The van der Waals surface area contributed by atoms with E-state index in [0.717, 1.165) is 179 Å². The second kappa shape index (κ2) is 33.5. The van der Waals surface area contributed by atoms with Crippen LogP contribution in [0.1, 0.15) is 110 Å². The van der Waals surface area contributed by atoms with Gasteiger partial charge in [-0.15, -0.1) is 0 Å². The van der Waals surface area contributed by atoms with Crippen molar-refractivity contribution in [3.8, 4) is 96.6 Å². The van der Waals surface area contributed by atoms with E-state index in [2.05, 4.69) is 69.0 Å². The molecule has 0 spiro atoms. The normalized spacial score (nSPS) is 14.6. The summed E-state index contributed by atoms with van der Waals surface area (Å²) in [5, 5.41) is 9.55. The molecule has 0 bridgehead atoms. The summed E-state index contributed by atoms with van der Waals surface area (Å²) in [7, 11) is 0. The van der Waals surface area contributed by atoms with Crippen LogP contribution in [0.4, 0.5) is 26.5 Å². The molecule has 26 nitrogen and oxygen atoms in total. The molecule has 0 atom stereocenters. The predicted molar refractivity (Wildman–Crippen MR) is 411 cm³/mol. The molecule has 7 N–H and O–H groups in total. The summed E-state index contributed by atoms with van der Waals surface area (Å²) in [6.45, 7) is 8.27. The molecule has 14 aromatic rings. The first kappa shape index (κ1) is 72.6. The standard InChI is InChI=1S/C23H17N3O3.C22H22FN7O.C19H20FN5.C18H21N5O2/c1-14(27)15-5-7-16(8-6-15)23-25-21(22(26-23)18-4-2-3-11-24-18)17-9-10-19-20(12-17)29-13-28-19;23-16-3-1-15(2-4-16)20-21(19-5-9-25-22(24)27-19)30(14-26-20)18-6-10-29(11-7-18)13-17-8-12-31-28-17;20-14-8-6-13(7-9-14)17-18(16-10-11-22-19(21)24-16)25(12-23-17)15-4-2-1-3-5-15;1-12-3-2-4-14(9-12)25-10-15-16-17(19)20-11-21-18(16)23(22-15)13-5-7-24-8-6-13/h2-12H,13H2,1H3,(H,25,26);1-5,8-9,12,14,18H,6-7,10-11,13H2,(H2,24,25,27);6-12,15H,1-5H2,(H2,21,22,24);2-4,9,11,13H,5-8,10H2,1H3,(H2,19,20,21). The summed E-state index contributed by atoms with van der Waals surface area (Å²) in [4.78, 5) is 61.4. The number of pyridine rings is 1. The maximum absolute atomic E-state index is 13.5. The zero-order valence-corrected chi connectivity index (χ0v) is 60.6. The van der Waals surface area contributed by atoms with E-state index in [4.69, 9.17) is 50.8 Å². The zero-order chi connectivity index (χ0) is 75.5. The minimum Gasteiger partial charge on any atom is -0.487 e. The number of ketones is 1. The topological polar surface area (TPSA) is 334 Å². The first-order valence-corrected chi connectivity index (χ1v) is 36.5. The number of nitrogen functional groups attached to an aromatic ring is 3. The fraction of sp³-hybridized carbons (Fsp3) is 0.256. The lowest BCUT2D eigenvalue weighted by atomic mass is 9.95. The molecule has 12 heterocycles. The Balaban J connectivity index is 0.000000117. The Morgan fingerprint density at radius 2 is 1.24 bits per heavy atom. The largest absolute Gasteiger partial charge is 0.487 e. The van der Waals surface area contributed by atoms with Crippen molar-refractivity contribution >= 4 is 34.5 Å². The molecular weight excluding hydrogens is 1400 g/mol. The molecule has 3 aliphatic heterocycles. The Kier molecular flexibility index (Phi) is 22.1. The van der Waals surface area contributed by atoms with Gasteiger partial charge in [-0.2, -0.15) is 5.10 Å². The Bertz CT molecular complexity index is 5440. The maximum atomic E-state index is 13.5. The SMILES string of the molecule is CC(=O)c1ccc(-c2nc(-c3ccc4c(c3)OCO4)c(-c3ccccn3)[nH]2)cc1.Cc1cccc(OCc2nn(C3CCOCC3)c3ncnc(N)c23)c1.Nc1nccc(-c2c(-c3ccc(F)cc3)ncn2C2CCCCC2)n1.Nc1nccc(-c2c(-c3ccc(F)cc3)ncn2C2CCN(Cc3ccon3)CC2)n1. The minimum absolute atomic E-state index is 0.0335. The number of aromatic amines is 1. The number of benzene rings is 5. The van der Waals surface area contributed by atoms with Crippen molar-refractivity contribution in [1.29, 1.82) is 0 Å². The molecule has 28 heteroatoms. The highest BCUT2D eigenvalue weighted by atomic mass is 19.1. The highest BCUT2D eigenvalue weighted by molar-refractivity contribution is 5.94. The number of fused-ring (bicyclic) bond motifs is 2. The molecule has 9 aromatic heterocycles. The van der Waals surface area contributed by atoms with E-state index >= 15 is 0 Å². The second-order valence-corrected chi connectivity index (χ2v) is 27.1. The molecule has 558 valence electrons. The van der Waals surface area contributed by atoms with Gasteiger partial charge in [0.2, 0.25) is 18.7 Å². The highest BCUT2D eigenvalue weighted by Gasteiger charge is 2.29. The van der Waals surface area contributed by atoms with Crippen molar-refractivity contribution < 1.29 is 37.0 Å². The van der Waals surface area contributed by atoms with Crippen LogP contribution < -0.4 is 31.4 Å². The third-order valence-electron chi connectivity index (χ3n) is 19.8. The summed E-state index contributed by atoms with van der Waals surface area (Å²) in [5.41, 5.74) is 32.7. The van der Waals surface area contributed by atoms with Gasteiger partial charge in [-0.1, -0.05) is 66.9 Å². The fourth-order valence-electron chi connectivity index (χ4n) is 14.2. The van der Waals surface area contributed by atoms with Gasteiger partial charge in [-0.05, 0) is 161 Å². The third-order valence-corrected chi connectivity index (χ3v) is 19.8. The maximum Gasteiger partial charge on any atom is 0.231 e. The predicted octanol–water partition coefficient (Wildman–Crippen LogP) is 15.2. The Hall–Kier alpha value is -13.0. The van der Waals surface area contributed by atoms with E-state index in [1.807, 2.05) is 115 Å².